The number of hydrogen-bond acceptors (Lipinski definition) is 4. The van der Waals surface area contributed by atoms with Crippen molar-refractivity contribution in [3.63, 3.8) is 0 Å². The molecule has 0 spiro atoms. The third kappa shape index (κ3) is 3.61. The highest BCUT2D eigenvalue weighted by atomic mass is 32.2. The summed E-state index contributed by atoms with van der Waals surface area (Å²) in [7, 11) is -3.66. The molecule has 0 unspecified atom stereocenters. The van der Waals surface area contributed by atoms with E-state index in [1.807, 2.05) is 43.5 Å². The summed E-state index contributed by atoms with van der Waals surface area (Å²) in [5, 5.41) is 8.54. The summed E-state index contributed by atoms with van der Waals surface area (Å²) < 4.78 is 30.8. The van der Waals surface area contributed by atoms with Gasteiger partial charge >= 0.3 is 0 Å². The smallest absolute Gasteiger partial charge is 0.261 e. The molecule has 2 heterocycles. The van der Waals surface area contributed by atoms with Crippen molar-refractivity contribution in [3.8, 4) is 11.4 Å². The summed E-state index contributed by atoms with van der Waals surface area (Å²) in [5.74, 6) is 0. The summed E-state index contributed by atoms with van der Waals surface area (Å²) in [5.41, 5.74) is 3.02. The van der Waals surface area contributed by atoms with E-state index in [0.717, 1.165) is 16.9 Å². The van der Waals surface area contributed by atoms with Crippen molar-refractivity contribution in [2.45, 2.75) is 11.8 Å². The van der Waals surface area contributed by atoms with Crippen LogP contribution in [0.3, 0.4) is 0 Å². The van der Waals surface area contributed by atoms with Gasteiger partial charge in [0.1, 0.15) is 5.69 Å². The molecule has 2 aromatic carbocycles. The molecule has 2 aromatic heterocycles. The number of aromatic nitrogens is 4. The second-order valence-electron chi connectivity index (χ2n) is 6.07. The van der Waals surface area contributed by atoms with Crippen molar-refractivity contribution in [2.24, 2.45) is 0 Å². The number of hydrogen-bond donors (Lipinski definition) is 1. The molecule has 0 radical (unpaired) electrons. The molecule has 1 N–H and O–H groups in total. The van der Waals surface area contributed by atoms with Gasteiger partial charge in [-0.15, -0.1) is 0 Å². The van der Waals surface area contributed by atoms with E-state index < -0.39 is 10.0 Å². The molecular weight excluding hydrogens is 362 g/mol. The SMILES string of the molecule is Cc1ccc(S(=O)(=O)Nc2cnn(-c3cnn(-c4ccccc4)c3)c2)cc1. The van der Waals surface area contributed by atoms with Crippen molar-refractivity contribution in [1.82, 2.24) is 19.6 Å². The maximum absolute atomic E-state index is 12.5. The Morgan fingerprint density at radius 1 is 0.815 bits per heavy atom. The van der Waals surface area contributed by atoms with Crippen LogP contribution in [0.15, 0.2) is 84.3 Å². The molecule has 0 fully saturated rings. The van der Waals surface area contributed by atoms with Gasteiger partial charge in [0, 0.05) is 0 Å². The van der Waals surface area contributed by atoms with Gasteiger partial charge in [-0.25, -0.2) is 17.8 Å². The first kappa shape index (κ1) is 17.0. The molecule has 0 atom stereocenters. The Bertz CT molecular complexity index is 1160. The Morgan fingerprint density at radius 3 is 2.22 bits per heavy atom. The minimum absolute atomic E-state index is 0.206. The number of nitrogens with one attached hydrogen (secondary N) is 1. The van der Waals surface area contributed by atoms with Gasteiger partial charge in [0.25, 0.3) is 10.0 Å². The quantitative estimate of drug-likeness (QED) is 0.577. The third-order valence-electron chi connectivity index (χ3n) is 4.02. The van der Waals surface area contributed by atoms with Crippen molar-refractivity contribution >= 4 is 15.7 Å². The lowest BCUT2D eigenvalue weighted by Crippen LogP contribution is -2.12. The van der Waals surface area contributed by atoms with Gasteiger partial charge < -0.3 is 0 Å². The van der Waals surface area contributed by atoms with Crippen LogP contribution in [0.5, 0.6) is 0 Å². The van der Waals surface area contributed by atoms with E-state index in [1.165, 1.54) is 6.20 Å². The molecule has 0 saturated heterocycles. The molecule has 0 aliphatic carbocycles. The summed E-state index contributed by atoms with van der Waals surface area (Å²) in [6.07, 6.45) is 6.56. The van der Waals surface area contributed by atoms with E-state index in [0.29, 0.717) is 5.69 Å². The van der Waals surface area contributed by atoms with Gasteiger partial charge in [-0.1, -0.05) is 35.9 Å². The second-order valence-corrected chi connectivity index (χ2v) is 7.75. The number of nitrogens with zero attached hydrogens (tertiary/aromatic N) is 4. The Kier molecular flexibility index (Phi) is 4.25. The molecular formula is C19H17N5O2S. The fraction of sp³-hybridized carbons (Fsp3) is 0.0526. The first-order chi connectivity index (χ1) is 13.0. The Morgan fingerprint density at radius 2 is 1.48 bits per heavy atom. The van der Waals surface area contributed by atoms with E-state index in [2.05, 4.69) is 14.9 Å². The van der Waals surface area contributed by atoms with Crippen LogP contribution in [0.2, 0.25) is 0 Å². The Hall–Kier alpha value is -3.39. The van der Waals surface area contributed by atoms with Gasteiger partial charge in [0.05, 0.1) is 41.1 Å². The highest BCUT2D eigenvalue weighted by molar-refractivity contribution is 7.92. The van der Waals surface area contributed by atoms with Crippen LogP contribution < -0.4 is 4.72 Å². The number of aryl methyl sites for hydroxylation is 1. The third-order valence-corrected chi connectivity index (χ3v) is 5.42. The van der Waals surface area contributed by atoms with Crippen molar-refractivity contribution in [3.05, 3.63) is 84.9 Å². The van der Waals surface area contributed by atoms with Crippen molar-refractivity contribution in [1.29, 1.82) is 0 Å². The molecule has 7 nitrogen and oxygen atoms in total. The van der Waals surface area contributed by atoms with E-state index in [9.17, 15) is 8.42 Å². The zero-order valence-corrected chi connectivity index (χ0v) is 15.3. The van der Waals surface area contributed by atoms with Crippen LogP contribution in [0, 0.1) is 6.92 Å². The number of benzene rings is 2. The van der Waals surface area contributed by atoms with E-state index >= 15 is 0 Å². The summed E-state index contributed by atoms with van der Waals surface area (Å²) in [6.45, 7) is 1.91. The topological polar surface area (TPSA) is 81.8 Å². The van der Waals surface area contributed by atoms with Crippen LogP contribution in [-0.4, -0.2) is 28.0 Å². The molecule has 0 aliphatic heterocycles. The predicted octanol–water partition coefficient (Wildman–Crippen LogP) is 3.17. The Balaban J connectivity index is 1.55. The summed E-state index contributed by atoms with van der Waals surface area (Å²) in [6, 6.07) is 16.4. The first-order valence-corrected chi connectivity index (χ1v) is 9.74. The first-order valence-electron chi connectivity index (χ1n) is 8.26. The zero-order chi connectivity index (χ0) is 18.9. The average molecular weight is 379 g/mol. The molecule has 0 saturated carbocycles. The van der Waals surface area contributed by atoms with Gasteiger partial charge in [-0.05, 0) is 31.2 Å². The van der Waals surface area contributed by atoms with Crippen molar-refractivity contribution < 1.29 is 8.42 Å². The molecule has 136 valence electrons. The lowest BCUT2D eigenvalue weighted by atomic mass is 10.2. The van der Waals surface area contributed by atoms with E-state index in [4.69, 9.17) is 0 Å². The number of anilines is 1. The van der Waals surface area contributed by atoms with Crippen molar-refractivity contribution in [2.75, 3.05) is 4.72 Å². The van der Waals surface area contributed by atoms with Gasteiger partial charge in [-0.2, -0.15) is 10.2 Å². The standard InChI is InChI=1S/C19H17N5O2S/c1-15-7-9-19(10-8-15)27(25,26)22-16-11-20-23(13-16)18-12-21-24(14-18)17-5-3-2-4-6-17/h2-14,22H,1H3. The van der Waals surface area contributed by atoms with E-state index in [-0.39, 0.29) is 4.90 Å². The zero-order valence-electron chi connectivity index (χ0n) is 14.5. The molecule has 8 heteroatoms. The maximum Gasteiger partial charge on any atom is 0.261 e. The molecule has 0 bridgehead atoms. The van der Waals surface area contributed by atoms with Crippen LogP contribution in [0.1, 0.15) is 5.56 Å². The average Bonchev–Trinajstić information content (AvgIpc) is 3.32. The minimum Gasteiger partial charge on any atom is -0.276 e. The highest BCUT2D eigenvalue weighted by Crippen LogP contribution is 2.18. The Labute approximate surface area is 156 Å². The predicted molar refractivity (Wildman–Crippen MR) is 103 cm³/mol. The van der Waals surface area contributed by atoms with Crippen LogP contribution in [0.4, 0.5) is 5.69 Å². The minimum atomic E-state index is -3.66. The maximum atomic E-state index is 12.5. The monoisotopic (exact) mass is 379 g/mol. The van der Waals surface area contributed by atoms with Gasteiger partial charge in [-0.3, -0.25) is 4.72 Å². The number of rotatable bonds is 5. The van der Waals surface area contributed by atoms with E-state index in [1.54, 1.807) is 46.0 Å². The molecule has 4 rings (SSSR count). The number of para-hydroxylation sites is 1. The summed E-state index contributed by atoms with van der Waals surface area (Å²) >= 11 is 0. The lowest BCUT2D eigenvalue weighted by molar-refractivity contribution is 0.601. The fourth-order valence-corrected chi connectivity index (χ4v) is 3.63. The normalized spacial score (nSPS) is 11.4. The molecule has 0 amide bonds. The largest absolute Gasteiger partial charge is 0.276 e. The van der Waals surface area contributed by atoms with Gasteiger partial charge in [0.15, 0.2) is 0 Å². The lowest BCUT2D eigenvalue weighted by Gasteiger charge is -2.05. The summed E-state index contributed by atoms with van der Waals surface area (Å²) in [4.78, 5) is 0.206. The van der Waals surface area contributed by atoms with Gasteiger partial charge in [0.2, 0.25) is 0 Å². The highest BCUT2D eigenvalue weighted by Gasteiger charge is 2.15. The van der Waals surface area contributed by atoms with Crippen LogP contribution in [0.25, 0.3) is 11.4 Å². The second kappa shape index (κ2) is 6.73. The van der Waals surface area contributed by atoms with Crippen LogP contribution >= 0.6 is 0 Å². The van der Waals surface area contributed by atoms with Crippen LogP contribution in [-0.2, 0) is 10.0 Å². The molecule has 4 aromatic rings. The number of sulfonamides is 1. The molecule has 0 aliphatic rings. The molecule has 27 heavy (non-hydrogen) atoms. The fourth-order valence-electron chi connectivity index (χ4n) is 2.60.